The second-order valence-corrected chi connectivity index (χ2v) is 22.8. The molecule has 0 bridgehead atoms. The zero-order valence-corrected chi connectivity index (χ0v) is 49.8. The van der Waals surface area contributed by atoms with E-state index in [4.69, 9.17) is 4.74 Å². The lowest BCUT2D eigenvalue weighted by molar-refractivity contribution is -0.143. The SMILES string of the molecule is CCCC/C=C\CCCCCCCC(=O)OCCCCCCCCCCCCCC/C=C\CCCCCCCCCCCCCCCCC(=O)NC(CO)C(O)/C=C/CCCCCCCCCCCCCCCC. The van der Waals surface area contributed by atoms with Gasteiger partial charge in [0.2, 0.25) is 5.91 Å². The maximum atomic E-state index is 12.5. The Morgan fingerprint density at radius 1 is 0.365 bits per heavy atom. The van der Waals surface area contributed by atoms with Crippen LogP contribution in [0.25, 0.3) is 0 Å². The van der Waals surface area contributed by atoms with Gasteiger partial charge in [-0.25, -0.2) is 0 Å². The summed E-state index contributed by atoms with van der Waals surface area (Å²) in [6.45, 7) is 4.89. The molecule has 0 aliphatic carbocycles. The standard InChI is InChI=1S/C68H129NO5/c1-3-5-7-9-11-13-15-16-17-34-37-41-44-48-52-56-60-66(71)65(64-70)69-67(72)61-57-53-49-45-42-38-35-32-30-28-26-24-22-20-18-19-21-23-25-27-29-31-33-36-39-43-47-51-55-59-63-74-68(73)62-58-54-50-46-40-14-12-10-8-6-4-2/h10,12,19,21,56,60,65-66,70-71H,3-9,11,13-18,20,22-55,57-59,61-64H2,1-2H3,(H,69,72)/b12-10-,21-19-,60-56+. The fraction of sp³-hybridized carbons (Fsp3) is 0.882. The van der Waals surface area contributed by atoms with Crippen molar-refractivity contribution < 1.29 is 24.5 Å². The molecular weight excluding hydrogens is 911 g/mol. The summed E-state index contributed by atoms with van der Waals surface area (Å²) in [6, 6.07) is -0.627. The van der Waals surface area contributed by atoms with E-state index in [0.29, 0.717) is 19.4 Å². The summed E-state index contributed by atoms with van der Waals surface area (Å²) in [5, 5.41) is 23.2. The molecule has 6 nitrogen and oxygen atoms in total. The molecule has 0 spiro atoms. The molecule has 3 N–H and O–H groups in total. The van der Waals surface area contributed by atoms with E-state index in [1.54, 1.807) is 6.08 Å². The predicted molar refractivity (Wildman–Crippen MR) is 324 cm³/mol. The summed E-state index contributed by atoms with van der Waals surface area (Å²) in [5.74, 6) is -0.0587. The van der Waals surface area contributed by atoms with Gasteiger partial charge >= 0.3 is 5.97 Å². The van der Waals surface area contributed by atoms with Crippen LogP contribution < -0.4 is 5.32 Å². The Labute approximate surface area is 462 Å². The number of unbranched alkanes of at least 4 members (excludes halogenated alkanes) is 47. The van der Waals surface area contributed by atoms with Gasteiger partial charge in [-0.05, 0) is 77.0 Å². The summed E-state index contributed by atoms with van der Waals surface area (Å²) in [4.78, 5) is 24.5. The Morgan fingerprint density at radius 3 is 1.00 bits per heavy atom. The lowest BCUT2D eigenvalue weighted by Crippen LogP contribution is -2.45. The van der Waals surface area contributed by atoms with Crippen LogP contribution in [0, 0.1) is 0 Å². The van der Waals surface area contributed by atoms with Gasteiger partial charge in [-0.1, -0.05) is 307 Å². The molecular formula is C68H129NO5. The third kappa shape index (κ3) is 59.3. The lowest BCUT2D eigenvalue weighted by Gasteiger charge is -2.20. The van der Waals surface area contributed by atoms with Crippen LogP contribution in [0.15, 0.2) is 36.5 Å². The van der Waals surface area contributed by atoms with Gasteiger partial charge in [-0.3, -0.25) is 9.59 Å². The first-order valence-electron chi connectivity index (χ1n) is 33.3. The maximum Gasteiger partial charge on any atom is 0.305 e. The molecule has 0 aromatic heterocycles. The molecule has 0 fully saturated rings. The lowest BCUT2D eigenvalue weighted by atomic mass is 10.0. The summed E-state index contributed by atoms with van der Waals surface area (Å²) in [7, 11) is 0. The average Bonchev–Trinajstić information content (AvgIpc) is 3.40. The molecule has 0 heterocycles. The zero-order chi connectivity index (χ0) is 53.6. The minimum absolute atomic E-state index is 0.00571. The Bertz CT molecular complexity index is 1200. The van der Waals surface area contributed by atoms with Gasteiger partial charge in [-0.2, -0.15) is 0 Å². The number of hydrogen-bond acceptors (Lipinski definition) is 5. The number of carbonyl (C=O) groups is 2. The molecule has 436 valence electrons. The number of hydrogen-bond donors (Lipinski definition) is 3. The van der Waals surface area contributed by atoms with E-state index < -0.39 is 12.1 Å². The second-order valence-electron chi connectivity index (χ2n) is 22.8. The van der Waals surface area contributed by atoms with Crippen molar-refractivity contribution in [3.63, 3.8) is 0 Å². The van der Waals surface area contributed by atoms with Crippen LogP contribution in [0.2, 0.25) is 0 Å². The Hall–Kier alpha value is -1.92. The molecule has 0 aromatic carbocycles. The number of carbonyl (C=O) groups excluding carboxylic acids is 2. The topological polar surface area (TPSA) is 95.9 Å². The van der Waals surface area contributed by atoms with E-state index in [2.05, 4.69) is 43.5 Å². The summed E-state index contributed by atoms with van der Waals surface area (Å²) >= 11 is 0. The highest BCUT2D eigenvalue weighted by atomic mass is 16.5. The van der Waals surface area contributed by atoms with Gasteiger partial charge < -0.3 is 20.3 Å². The Morgan fingerprint density at radius 2 is 0.649 bits per heavy atom. The van der Waals surface area contributed by atoms with Crippen molar-refractivity contribution in [3.05, 3.63) is 36.5 Å². The summed E-state index contributed by atoms with van der Waals surface area (Å²) in [5.41, 5.74) is 0. The third-order valence-corrected chi connectivity index (χ3v) is 15.4. The number of ether oxygens (including phenoxy) is 1. The zero-order valence-electron chi connectivity index (χ0n) is 49.8. The molecule has 0 saturated heterocycles. The van der Waals surface area contributed by atoms with Gasteiger partial charge in [0.05, 0.1) is 25.4 Å². The highest BCUT2D eigenvalue weighted by Crippen LogP contribution is 2.18. The van der Waals surface area contributed by atoms with Crippen LogP contribution in [-0.4, -0.2) is 47.4 Å². The van der Waals surface area contributed by atoms with Crippen molar-refractivity contribution >= 4 is 11.9 Å². The second kappa shape index (κ2) is 63.6. The van der Waals surface area contributed by atoms with E-state index in [-0.39, 0.29) is 18.5 Å². The number of aliphatic hydroxyl groups excluding tert-OH is 2. The van der Waals surface area contributed by atoms with E-state index in [1.807, 2.05) is 6.08 Å². The molecule has 0 aliphatic rings. The van der Waals surface area contributed by atoms with Crippen LogP contribution in [0.1, 0.15) is 361 Å². The molecule has 0 rings (SSSR count). The predicted octanol–water partition coefficient (Wildman–Crippen LogP) is 21.1. The number of allylic oxidation sites excluding steroid dienone is 5. The Kier molecular flexibility index (Phi) is 62.0. The van der Waals surface area contributed by atoms with E-state index in [9.17, 15) is 19.8 Å². The summed E-state index contributed by atoms with van der Waals surface area (Å²) in [6.07, 6.45) is 80.7. The first-order valence-corrected chi connectivity index (χ1v) is 33.3. The van der Waals surface area contributed by atoms with Gasteiger partial charge in [0.25, 0.3) is 0 Å². The number of nitrogens with one attached hydrogen (secondary N) is 1. The normalized spacial score (nSPS) is 12.8. The van der Waals surface area contributed by atoms with E-state index >= 15 is 0 Å². The number of esters is 1. The highest BCUT2D eigenvalue weighted by Gasteiger charge is 2.18. The number of rotatable bonds is 62. The third-order valence-electron chi connectivity index (χ3n) is 15.4. The van der Waals surface area contributed by atoms with Crippen LogP contribution in [0.5, 0.6) is 0 Å². The van der Waals surface area contributed by atoms with Gasteiger partial charge in [-0.15, -0.1) is 0 Å². The molecule has 0 saturated carbocycles. The molecule has 1 amide bonds. The average molecular weight is 1040 g/mol. The van der Waals surface area contributed by atoms with Crippen molar-refractivity contribution in [2.75, 3.05) is 13.2 Å². The van der Waals surface area contributed by atoms with Gasteiger partial charge in [0.1, 0.15) is 0 Å². The van der Waals surface area contributed by atoms with Crippen molar-refractivity contribution in [2.45, 2.75) is 373 Å². The molecule has 0 aliphatic heterocycles. The largest absolute Gasteiger partial charge is 0.466 e. The van der Waals surface area contributed by atoms with Crippen molar-refractivity contribution in [2.24, 2.45) is 0 Å². The van der Waals surface area contributed by atoms with E-state index in [0.717, 1.165) is 44.9 Å². The van der Waals surface area contributed by atoms with E-state index in [1.165, 1.54) is 289 Å². The molecule has 2 unspecified atom stereocenters. The fourth-order valence-electron chi connectivity index (χ4n) is 10.3. The van der Waals surface area contributed by atoms with Crippen molar-refractivity contribution in [3.8, 4) is 0 Å². The van der Waals surface area contributed by atoms with Gasteiger partial charge in [0.15, 0.2) is 0 Å². The maximum absolute atomic E-state index is 12.5. The minimum Gasteiger partial charge on any atom is -0.466 e. The summed E-state index contributed by atoms with van der Waals surface area (Å²) < 4.78 is 5.46. The molecule has 74 heavy (non-hydrogen) atoms. The molecule has 6 heteroatoms. The van der Waals surface area contributed by atoms with Crippen LogP contribution >= 0.6 is 0 Å². The van der Waals surface area contributed by atoms with Crippen molar-refractivity contribution in [1.82, 2.24) is 5.32 Å². The monoisotopic (exact) mass is 1040 g/mol. The smallest absolute Gasteiger partial charge is 0.305 e. The Balaban J connectivity index is 3.39. The first-order chi connectivity index (χ1) is 36.5. The van der Waals surface area contributed by atoms with Crippen molar-refractivity contribution in [1.29, 1.82) is 0 Å². The molecule has 0 aromatic rings. The molecule has 0 radical (unpaired) electrons. The minimum atomic E-state index is -0.843. The van der Waals surface area contributed by atoms with Gasteiger partial charge in [0, 0.05) is 12.8 Å². The van der Waals surface area contributed by atoms with Crippen LogP contribution in [0.4, 0.5) is 0 Å². The number of aliphatic hydroxyl groups is 2. The highest BCUT2D eigenvalue weighted by molar-refractivity contribution is 5.76. The first kappa shape index (κ1) is 72.1. The molecule has 2 atom stereocenters. The van der Waals surface area contributed by atoms with Crippen LogP contribution in [-0.2, 0) is 14.3 Å². The quantitative estimate of drug-likeness (QED) is 0.0320. The number of amides is 1. The fourth-order valence-corrected chi connectivity index (χ4v) is 10.3. The van der Waals surface area contributed by atoms with Crippen LogP contribution in [0.3, 0.4) is 0 Å².